The van der Waals surface area contributed by atoms with E-state index in [2.05, 4.69) is 183 Å². The molecule has 0 unspecified atom stereocenters. The molecule has 0 amide bonds. The second-order valence-electron chi connectivity index (χ2n) is 24.4. The van der Waals surface area contributed by atoms with Gasteiger partial charge in [-0.25, -0.2) is 0 Å². The van der Waals surface area contributed by atoms with Crippen molar-refractivity contribution >= 4 is 151 Å². The van der Waals surface area contributed by atoms with E-state index < -0.39 is 21.1 Å². The molecule has 0 saturated carbocycles. The maximum Gasteiger partial charge on any atom is 0.494 e. The summed E-state index contributed by atoms with van der Waals surface area (Å²) in [6, 6.07) is 56.0. The van der Waals surface area contributed by atoms with Crippen molar-refractivity contribution < 1.29 is 36.8 Å². The zero-order valence-electron chi connectivity index (χ0n) is 46.4. The maximum absolute atomic E-state index is 6.34. The molecule has 0 bridgehead atoms. The van der Waals surface area contributed by atoms with Crippen LogP contribution in [0.3, 0.4) is 0 Å². The largest absolute Gasteiger partial charge is 0.494 e. The second kappa shape index (κ2) is 17.9. The molecule has 15 rings (SSSR count). The van der Waals surface area contributed by atoms with Gasteiger partial charge in [-0.2, -0.15) is 0 Å². The van der Waals surface area contributed by atoms with Crippen LogP contribution in [-0.4, -0.2) is 54.7 Å². The van der Waals surface area contributed by atoms with Gasteiger partial charge in [0.05, 0.1) is 33.6 Å². The fourth-order valence-electron chi connectivity index (χ4n) is 11.5. The standard InChI is InChI=1S/C30H25BO3.C24H13BrO.C12H24B2O4/c1-29(2)30(3,4)34-31(33-29)18-13-14-27-25(15-18)26-16-23-21-11-7-5-9-19(21)20-10-6-8-12-22(20)24(23)17-28(26)32-27;25-14-9-10-23-21(11-14)22-12-19-17-7-3-1-5-15(17)16-6-2-4-8-18(16)20(19)13-24(22)26-23;1-9(2)10(3,4)16-13(15-9)14-17-11(5,6)12(7,8)18-14/h5-17H,1-4H3;1-13H;1-8H3. The molecule has 390 valence electrons. The SMILES string of the molecule is Brc1ccc2oc3cc4c5ccccc5c5ccccc5c4cc3c2c1.CC1(C)OB(B2OC(C)(C)C(C)(C)O2)OC1(C)C.CC1(C)OB(c2ccc3oc4cc5c6ccccc6c6ccccc6c5cc4c3c2)OC1(C)C. The topological polar surface area (TPSA) is 81.7 Å². The first-order valence-corrected chi connectivity index (χ1v) is 27.9. The van der Waals surface area contributed by atoms with Crippen LogP contribution >= 0.6 is 15.9 Å². The first kappa shape index (κ1) is 51.2. The van der Waals surface area contributed by atoms with Crippen LogP contribution in [0.2, 0.25) is 0 Å². The lowest BCUT2D eigenvalue weighted by molar-refractivity contribution is 0.00578. The van der Waals surface area contributed by atoms with Crippen molar-refractivity contribution in [1.82, 2.24) is 0 Å². The highest BCUT2D eigenvalue weighted by molar-refractivity contribution is 9.10. The van der Waals surface area contributed by atoms with E-state index >= 15 is 0 Å². The van der Waals surface area contributed by atoms with Gasteiger partial charge in [0, 0.05) is 26.0 Å². The minimum atomic E-state index is -0.476. The minimum absolute atomic E-state index is 0.360. The third-order valence-electron chi connectivity index (χ3n) is 17.9. The van der Waals surface area contributed by atoms with Gasteiger partial charge < -0.3 is 36.8 Å². The number of halogens is 1. The lowest BCUT2D eigenvalue weighted by atomic mass is 9.49. The Labute approximate surface area is 464 Å². The van der Waals surface area contributed by atoms with Crippen LogP contribution < -0.4 is 5.46 Å². The third kappa shape index (κ3) is 8.19. The van der Waals surface area contributed by atoms with Gasteiger partial charge in [-0.1, -0.05) is 125 Å². The number of rotatable bonds is 2. The summed E-state index contributed by atoms with van der Waals surface area (Å²) in [5, 5.41) is 19.7. The summed E-state index contributed by atoms with van der Waals surface area (Å²) in [5.41, 5.74) is 2.46. The fraction of sp³-hybridized carbons (Fsp3) is 0.273. The molecule has 3 aliphatic rings. The molecule has 12 aromatic rings. The normalized spacial score (nSPS) is 19.1. The average molecular weight is 1100 g/mol. The summed E-state index contributed by atoms with van der Waals surface area (Å²) < 4.78 is 50.0. The molecule has 0 radical (unpaired) electrons. The van der Waals surface area contributed by atoms with E-state index in [1.807, 2.05) is 73.6 Å². The lowest BCUT2D eigenvalue weighted by Crippen LogP contribution is -2.41. The van der Waals surface area contributed by atoms with Gasteiger partial charge in [0.1, 0.15) is 22.3 Å². The molecule has 5 heterocycles. The molecule has 0 aliphatic carbocycles. The smallest absolute Gasteiger partial charge is 0.456 e. The Balaban J connectivity index is 0.000000117. The predicted octanol–water partition coefficient (Wildman–Crippen LogP) is 17.4. The highest BCUT2D eigenvalue weighted by Crippen LogP contribution is 2.45. The van der Waals surface area contributed by atoms with Gasteiger partial charge in [0.2, 0.25) is 0 Å². The summed E-state index contributed by atoms with van der Waals surface area (Å²) in [5.74, 6) is 0. The molecule has 2 aromatic heterocycles. The number of furan rings is 2. The van der Waals surface area contributed by atoms with Crippen LogP contribution in [0, 0.1) is 0 Å². The summed E-state index contributed by atoms with van der Waals surface area (Å²) in [6.45, 7) is 24.5. The van der Waals surface area contributed by atoms with Crippen LogP contribution in [0.5, 0.6) is 0 Å². The van der Waals surface area contributed by atoms with Crippen LogP contribution in [0.25, 0.3) is 109 Å². The highest BCUT2D eigenvalue weighted by Gasteiger charge is 2.63. The van der Waals surface area contributed by atoms with Crippen LogP contribution in [0.1, 0.15) is 83.1 Å². The van der Waals surface area contributed by atoms with Gasteiger partial charge in [-0.3, -0.25) is 0 Å². The van der Waals surface area contributed by atoms with E-state index in [-0.39, 0.29) is 33.6 Å². The molecule has 0 N–H and O–H groups in total. The Hall–Kier alpha value is -6.21. The zero-order valence-corrected chi connectivity index (χ0v) is 48.0. The van der Waals surface area contributed by atoms with Crippen molar-refractivity contribution in [3.05, 3.63) is 162 Å². The number of benzene rings is 10. The predicted molar refractivity (Wildman–Crippen MR) is 328 cm³/mol. The number of hydrogen-bond acceptors (Lipinski definition) is 8. The molecule has 8 nitrogen and oxygen atoms in total. The van der Waals surface area contributed by atoms with Crippen molar-refractivity contribution in [3.8, 4) is 0 Å². The van der Waals surface area contributed by atoms with E-state index in [9.17, 15) is 0 Å². The molecule has 10 aromatic carbocycles. The van der Waals surface area contributed by atoms with Crippen LogP contribution in [0.15, 0.2) is 171 Å². The molecule has 12 heteroatoms. The fourth-order valence-corrected chi connectivity index (χ4v) is 11.8. The molecule has 3 saturated heterocycles. The van der Waals surface area contributed by atoms with Crippen molar-refractivity contribution in [2.24, 2.45) is 0 Å². The summed E-state index contributed by atoms with van der Waals surface area (Å²) in [7, 11) is -1.35. The average Bonchev–Trinajstić information content (AvgIpc) is 4.29. The van der Waals surface area contributed by atoms with Crippen molar-refractivity contribution in [2.45, 2.75) is 117 Å². The highest BCUT2D eigenvalue weighted by atomic mass is 79.9. The molecular formula is C66H62B3BrO8. The summed E-state index contributed by atoms with van der Waals surface area (Å²) in [4.78, 5) is 0. The number of fused-ring (bicyclic) bond motifs is 18. The molecule has 3 fully saturated rings. The summed E-state index contributed by atoms with van der Waals surface area (Å²) >= 11 is 3.58. The Morgan fingerprint density at radius 2 is 0.551 bits per heavy atom. The molecule has 0 spiro atoms. The van der Waals surface area contributed by atoms with Crippen LogP contribution in [-0.2, 0) is 27.9 Å². The van der Waals surface area contributed by atoms with E-state index in [1.165, 1.54) is 64.6 Å². The van der Waals surface area contributed by atoms with E-state index in [0.29, 0.717) is 0 Å². The maximum atomic E-state index is 6.34. The first-order chi connectivity index (χ1) is 37.0. The van der Waals surface area contributed by atoms with Gasteiger partial charge in [0.25, 0.3) is 0 Å². The van der Waals surface area contributed by atoms with E-state index in [4.69, 9.17) is 36.8 Å². The molecule has 0 atom stereocenters. The molecule has 3 aliphatic heterocycles. The molecular weight excluding hydrogens is 1030 g/mol. The van der Waals surface area contributed by atoms with E-state index in [1.54, 1.807) is 0 Å². The monoisotopic (exact) mass is 1090 g/mol. The van der Waals surface area contributed by atoms with Gasteiger partial charge in [0.15, 0.2) is 0 Å². The van der Waals surface area contributed by atoms with Crippen molar-refractivity contribution in [2.75, 3.05) is 0 Å². The van der Waals surface area contributed by atoms with E-state index in [0.717, 1.165) is 53.8 Å². The molecule has 78 heavy (non-hydrogen) atoms. The van der Waals surface area contributed by atoms with Gasteiger partial charge in [-0.05, 0) is 202 Å². The van der Waals surface area contributed by atoms with Gasteiger partial charge >= 0.3 is 21.1 Å². The third-order valence-corrected chi connectivity index (χ3v) is 18.4. The minimum Gasteiger partial charge on any atom is -0.456 e. The Morgan fingerprint density at radius 1 is 0.269 bits per heavy atom. The first-order valence-electron chi connectivity index (χ1n) is 27.1. The Bertz CT molecular complexity index is 4340. The van der Waals surface area contributed by atoms with Crippen LogP contribution in [0.4, 0.5) is 0 Å². The zero-order chi connectivity index (χ0) is 54.5. The van der Waals surface area contributed by atoms with Gasteiger partial charge in [-0.15, -0.1) is 0 Å². The Morgan fingerprint density at radius 3 is 0.910 bits per heavy atom. The lowest BCUT2D eigenvalue weighted by Gasteiger charge is -2.32. The Kier molecular flexibility index (Phi) is 11.8. The quantitative estimate of drug-likeness (QED) is 0.125. The summed E-state index contributed by atoms with van der Waals surface area (Å²) in [6.07, 6.45) is 0. The second-order valence-corrected chi connectivity index (χ2v) is 25.3. The van der Waals surface area contributed by atoms with Crippen molar-refractivity contribution in [1.29, 1.82) is 0 Å². The number of hydrogen-bond donors (Lipinski definition) is 0. The van der Waals surface area contributed by atoms with Crippen molar-refractivity contribution in [3.63, 3.8) is 0 Å².